The summed E-state index contributed by atoms with van der Waals surface area (Å²) < 4.78 is 4.27. The van der Waals surface area contributed by atoms with Crippen molar-refractivity contribution >= 4 is 21.9 Å². The first-order valence-corrected chi connectivity index (χ1v) is 17.8. The molecule has 246 valence electrons. The highest BCUT2D eigenvalue weighted by atomic mass is 16.3. The van der Waals surface area contributed by atoms with Crippen molar-refractivity contribution in [2.75, 3.05) is 0 Å². The first-order valence-electron chi connectivity index (χ1n) is 17.8. The molecule has 0 bridgehead atoms. The van der Waals surface area contributed by atoms with Gasteiger partial charge >= 0.3 is 0 Å². The van der Waals surface area contributed by atoms with Gasteiger partial charge in [-0.05, 0) is 117 Å². The zero-order valence-corrected chi connectivity index (χ0v) is 29.5. The summed E-state index contributed by atoms with van der Waals surface area (Å²) in [6, 6.07) is 45.7. The number of phenolic OH excluding ortho intramolecular Hbond substituents is 1. The number of benzene rings is 6. The standard InChI is InChI=1S/C47H37N3O/c1-46(2)37-24-29(32-20-17-28-12-11-23-49(5)43(28)44(32)51)18-21-33(37)35-26-40-36(27-39(35)46)34-22-19-30(25-38(34)47(40,3)4)45-48-41-15-9-10-16-42(41)50(45)31-13-7-6-8-14-31/h6-27H,1-5H3/p+1. The van der Waals surface area contributed by atoms with Crippen LogP contribution in [0, 0.1) is 0 Å². The summed E-state index contributed by atoms with van der Waals surface area (Å²) in [7, 11) is 1.98. The lowest BCUT2D eigenvalue weighted by Crippen LogP contribution is -2.27. The fraction of sp³-hybridized carbons (Fsp3) is 0.149. The molecule has 8 aromatic rings. The summed E-state index contributed by atoms with van der Waals surface area (Å²) >= 11 is 0. The van der Waals surface area contributed by atoms with Gasteiger partial charge in [0, 0.05) is 33.7 Å². The van der Waals surface area contributed by atoms with Crippen LogP contribution in [0.4, 0.5) is 0 Å². The molecular weight excluding hydrogens is 623 g/mol. The predicted octanol–water partition coefficient (Wildman–Crippen LogP) is 10.7. The second kappa shape index (κ2) is 10.3. The largest absolute Gasteiger partial charge is 0.502 e. The van der Waals surface area contributed by atoms with Crippen LogP contribution >= 0.6 is 0 Å². The number of para-hydroxylation sites is 3. The van der Waals surface area contributed by atoms with Crippen molar-refractivity contribution in [3.8, 4) is 56.2 Å². The molecule has 2 aromatic heterocycles. The van der Waals surface area contributed by atoms with E-state index >= 15 is 0 Å². The van der Waals surface area contributed by atoms with Crippen LogP contribution in [0.25, 0.3) is 72.4 Å². The quantitative estimate of drug-likeness (QED) is 0.192. The average Bonchev–Trinajstić information content (AvgIpc) is 3.71. The van der Waals surface area contributed by atoms with E-state index in [2.05, 4.69) is 141 Å². The average molecular weight is 661 g/mol. The number of phenols is 1. The Kier molecular flexibility index (Phi) is 6.02. The lowest BCUT2D eigenvalue weighted by Gasteiger charge is -2.24. The number of hydrogen-bond acceptors (Lipinski definition) is 2. The van der Waals surface area contributed by atoms with E-state index in [1.54, 1.807) is 0 Å². The molecule has 0 radical (unpaired) electrons. The van der Waals surface area contributed by atoms with Gasteiger partial charge in [-0.1, -0.05) is 82.3 Å². The van der Waals surface area contributed by atoms with E-state index in [0.717, 1.165) is 50.1 Å². The van der Waals surface area contributed by atoms with E-state index < -0.39 is 0 Å². The van der Waals surface area contributed by atoms with E-state index in [9.17, 15) is 5.11 Å². The molecule has 2 aliphatic carbocycles. The molecular formula is C47H38N3O+. The van der Waals surface area contributed by atoms with Gasteiger partial charge in [0.25, 0.3) is 5.52 Å². The normalized spacial score (nSPS) is 14.8. The molecule has 1 N–H and O–H groups in total. The lowest BCUT2D eigenvalue weighted by atomic mass is 9.79. The van der Waals surface area contributed by atoms with Gasteiger partial charge in [0.05, 0.1) is 16.4 Å². The minimum atomic E-state index is -0.208. The van der Waals surface area contributed by atoms with Gasteiger partial charge in [0.15, 0.2) is 11.9 Å². The van der Waals surface area contributed by atoms with E-state index in [4.69, 9.17) is 4.98 Å². The summed E-state index contributed by atoms with van der Waals surface area (Å²) in [5.41, 5.74) is 17.2. The Hall–Kier alpha value is -6.00. The van der Waals surface area contributed by atoms with Crippen molar-refractivity contribution in [3.63, 3.8) is 0 Å². The van der Waals surface area contributed by atoms with Crippen molar-refractivity contribution in [1.82, 2.24) is 9.55 Å². The van der Waals surface area contributed by atoms with Crippen LogP contribution in [0.2, 0.25) is 0 Å². The number of fused-ring (bicyclic) bond motifs is 8. The van der Waals surface area contributed by atoms with Gasteiger partial charge in [-0.3, -0.25) is 4.57 Å². The first kappa shape index (κ1) is 29.9. The molecule has 6 aromatic carbocycles. The Morgan fingerprint density at radius 2 is 1.16 bits per heavy atom. The topological polar surface area (TPSA) is 41.9 Å². The third-order valence-electron chi connectivity index (χ3n) is 11.7. The van der Waals surface area contributed by atoms with E-state index in [1.165, 1.54) is 44.5 Å². The molecule has 0 fully saturated rings. The smallest absolute Gasteiger partial charge is 0.255 e. The van der Waals surface area contributed by atoms with Gasteiger partial charge in [-0.2, -0.15) is 4.57 Å². The number of hydrogen-bond donors (Lipinski definition) is 1. The Morgan fingerprint density at radius 3 is 1.86 bits per heavy atom. The fourth-order valence-electron chi connectivity index (χ4n) is 9.01. The van der Waals surface area contributed by atoms with Crippen LogP contribution in [-0.2, 0) is 17.9 Å². The molecule has 0 atom stereocenters. The zero-order valence-electron chi connectivity index (χ0n) is 29.5. The number of rotatable bonds is 3. The lowest BCUT2D eigenvalue weighted by molar-refractivity contribution is -0.645. The molecule has 10 rings (SSSR count). The number of aromatic hydroxyl groups is 1. The minimum absolute atomic E-state index is 0.196. The zero-order chi connectivity index (χ0) is 34.8. The third kappa shape index (κ3) is 4.08. The van der Waals surface area contributed by atoms with Gasteiger partial charge in [0.2, 0.25) is 0 Å². The fourth-order valence-corrected chi connectivity index (χ4v) is 9.01. The molecule has 2 heterocycles. The molecule has 51 heavy (non-hydrogen) atoms. The Balaban J connectivity index is 1.09. The Labute approximate surface area is 297 Å². The molecule has 2 aliphatic rings. The molecule has 0 saturated carbocycles. The minimum Gasteiger partial charge on any atom is -0.502 e. The summed E-state index contributed by atoms with van der Waals surface area (Å²) in [6.45, 7) is 9.40. The van der Waals surface area contributed by atoms with Crippen LogP contribution in [0.15, 0.2) is 134 Å². The number of imidazole rings is 1. The molecule has 0 unspecified atom stereocenters. The molecule has 4 heteroatoms. The van der Waals surface area contributed by atoms with Gasteiger partial charge in [-0.15, -0.1) is 0 Å². The van der Waals surface area contributed by atoms with Crippen LogP contribution in [-0.4, -0.2) is 14.7 Å². The highest BCUT2D eigenvalue weighted by molar-refractivity contribution is 5.94. The number of pyridine rings is 1. The Morgan fingerprint density at radius 1 is 0.569 bits per heavy atom. The maximum atomic E-state index is 11.5. The summed E-state index contributed by atoms with van der Waals surface area (Å²) in [5.74, 6) is 1.27. The second-order valence-electron chi connectivity index (χ2n) is 15.3. The molecule has 0 aliphatic heterocycles. The highest BCUT2D eigenvalue weighted by Crippen LogP contribution is 2.57. The van der Waals surface area contributed by atoms with E-state index in [-0.39, 0.29) is 10.8 Å². The second-order valence-corrected chi connectivity index (χ2v) is 15.3. The molecule has 0 amide bonds. The van der Waals surface area contributed by atoms with Crippen molar-refractivity contribution in [2.45, 2.75) is 38.5 Å². The van der Waals surface area contributed by atoms with E-state index in [1.807, 2.05) is 36.0 Å². The van der Waals surface area contributed by atoms with Crippen molar-refractivity contribution in [1.29, 1.82) is 0 Å². The number of nitrogens with zero attached hydrogens (tertiary/aromatic N) is 3. The molecule has 0 spiro atoms. The third-order valence-corrected chi connectivity index (χ3v) is 11.7. The summed E-state index contributed by atoms with van der Waals surface area (Å²) in [4.78, 5) is 5.18. The number of aromatic nitrogens is 3. The summed E-state index contributed by atoms with van der Waals surface area (Å²) in [5, 5.41) is 12.5. The van der Waals surface area contributed by atoms with Gasteiger partial charge in [-0.25, -0.2) is 4.98 Å². The van der Waals surface area contributed by atoms with E-state index in [0.29, 0.717) is 5.75 Å². The maximum Gasteiger partial charge on any atom is 0.255 e. The Bertz CT molecular complexity index is 2770. The maximum absolute atomic E-state index is 11.5. The van der Waals surface area contributed by atoms with Crippen LogP contribution in [0.3, 0.4) is 0 Å². The van der Waals surface area contributed by atoms with Crippen LogP contribution in [0.5, 0.6) is 5.75 Å². The SMILES string of the molecule is C[n+]1cccc2ccc(-c3ccc4c(c3)C(C)(C)c3cc5c(cc3-4)C(C)(C)c3cc(-c4nc6ccccc6n4-c4ccccc4)ccc3-5)c(O)c21. The van der Waals surface area contributed by atoms with Crippen molar-refractivity contribution in [2.24, 2.45) is 7.05 Å². The molecule has 4 nitrogen and oxygen atoms in total. The van der Waals surface area contributed by atoms with Crippen LogP contribution in [0.1, 0.15) is 49.9 Å². The predicted molar refractivity (Wildman–Crippen MR) is 207 cm³/mol. The van der Waals surface area contributed by atoms with Gasteiger partial charge in [0.1, 0.15) is 12.9 Å². The van der Waals surface area contributed by atoms with Crippen molar-refractivity contribution < 1.29 is 9.67 Å². The number of aryl methyl sites for hydroxylation is 1. The first-order chi connectivity index (χ1) is 24.6. The monoisotopic (exact) mass is 660 g/mol. The van der Waals surface area contributed by atoms with Crippen molar-refractivity contribution in [3.05, 3.63) is 156 Å². The van der Waals surface area contributed by atoms with Gasteiger partial charge < -0.3 is 5.11 Å². The summed E-state index contributed by atoms with van der Waals surface area (Å²) in [6.07, 6.45) is 1.98. The highest BCUT2D eigenvalue weighted by Gasteiger charge is 2.42. The van der Waals surface area contributed by atoms with Crippen LogP contribution < -0.4 is 4.57 Å². The molecule has 0 saturated heterocycles.